The topological polar surface area (TPSA) is 12.0 Å². The first kappa shape index (κ1) is 9.97. The maximum absolute atomic E-state index is 12.7. The fourth-order valence-electron chi connectivity index (χ4n) is 1.74. The molecule has 1 aliphatic rings. The minimum absolute atomic E-state index is 0.519. The van der Waals surface area contributed by atoms with Crippen LogP contribution in [-0.2, 0) is 0 Å². The fourth-order valence-corrected chi connectivity index (χ4v) is 1.74. The van der Waals surface area contributed by atoms with Gasteiger partial charge in [0.15, 0.2) is 0 Å². The number of unbranched alkanes of at least 4 members (excludes halogenated alkanes) is 1. The van der Waals surface area contributed by atoms with Crippen molar-refractivity contribution in [2.45, 2.75) is 57.7 Å². The number of hydrogen-bond acceptors (Lipinski definition) is 1. The predicted octanol–water partition coefficient (Wildman–Crippen LogP) is 2.66. The molecule has 0 aromatic heterocycles. The largest absolute Gasteiger partial charge is 0.314 e. The molecule has 1 fully saturated rings. The van der Waals surface area contributed by atoms with E-state index in [1.54, 1.807) is 0 Å². The highest BCUT2D eigenvalue weighted by Gasteiger charge is 2.19. The van der Waals surface area contributed by atoms with E-state index in [0.717, 1.165) is 32.2 Å². The van der Waals surface area contributed by atoms with Crippen LogP contribution >= 0.6 is 0 Å². The Morgan fingerprint density at radius 1 is 1.25 bits per heavy atom. The highest BCUT2D eigenvalue weighted by Crippen LogP contribution is 2.20. The van der Waals surface area contributed by atoms with Crippen molar-refractivity contribution in [3.05, 3.63) is 0 Å². The van der Waals surface area contributed by atoms with Crippen LogP contribution < -0.4 is 5.32 Å². The first-order valence-corrected chi connectivity index (χ1v) is 5.20. The molecule has 0 spiro atoms. The summed E-state index contributed by atoms with van der Waals surface area (Å²) in [6.07, 6.45) is 5.57. The van der Waals surface area contributed by atoms with Crippen molar-refractivity contribution in [3.63, 3.8) is 0 Å². The molecule has 0 aromatic carbocycles. The van der Waals surface area contributed by atoms with E-state index in [1.807, 2.05) is 0 Å². The fraction of sp³-hybridized carbons (Fsp3) is 1.00. The Hall–Kier alpha value is -0.110. The third-order valence-corrected chi connectivity index (χ3v) is 2.62. The highest BCUT2D eigenvalue weighted by molar-refractivity contribution is 4.76. The van der Waals surface area contributed by atoms with Crippen LogP contribution in [0.3, 0.4) is 0 Å². The predicted molar refractivity (Wildman–Crippen MR) is 50.1 cm³/mol. The molecule has 0 radical (unpaired) electrons. The summed E-state index contributed by atoms with van der Waals surface area (Å²) in [5, 5.41) is 3.48. The van der Waals surface area contributed by atoms with Crippen LogP contribution in [0.4, 0.5) is 4.39 Å². The van der Waals surface area contributed by atoms with Crippen LogP contribution in [0, 0.1) is 0 Å². The van der Waals surface area contributed by atoms with Crippen LogP contribution in [0.1, 0.15) is 45.4 Å². The van der Waals surface area contributed by atoms with Crippen LogP contribution in [0.15, 0.2) is 0 Å². The summed E-state index contributed by atoms with van der Waals surface area (Å²) < 4.78 is 12.7. The van der Waals surface area contributed by atoms with Gasteiger partial charge in [-0.2, -0.15) is 0 Å². The molecule has 0 saturated heterocycles. The molecule has 0 aromatic rings. The van der Waals surface area contributed by atoms with Gasteiger partial charge in [0, 0.05) is 6.04 Å². The molecular weight excluding hydrogens is 153 g/mol. The van der Waals surface area contributed by atoms with E-state index < -0.39 is 6.17 Å². The minimum Gasteiger partial charge on any atom is -0.314 e. The molecular formula is C10H20FN. The summed E-state index contributed by atoms with van der Waals surface area (Å²) >= 11 is 0. The monoisotopic (exact) mass is 173 g/mol. The van der Waals surface area contributed by atoms with Crippen molar-refractivity contribution in [2.24, 2.45) is 0 Å². The van der Waals surface area contributed by atoms with Gasteiger partial charge in [0.05, 0.1) is 0 Å². The smallest absolute Gasteiger partial charge is 0.100 e. The molecule has 2 heteroatoms. The lowest BCUT2D eigenvalue weighted by molar-refractivity contribution is 0.220. The molecule has 0 atom stereocenters. The molecule has 0 aliphatic heterocycles. The Labute approximate surface area is 74.7 Å². The lowest BCUT2D eigenvalue weighted by Crippen LogP contribution is -2.34. The van der Waals surface area contributed by atoms with Gasteiger partial charge in [-0.1, -0.05) is 13.3 Å². The first-order valence-electron chi connectivity index (χ1n) is 5.20. The van der Waals surface area contributed by atoms with Gasteiger partial charge in [-0.05, 0) is 38.6 Å². The van der Waals surface area contributed by atoms with Gasteiger partial charge in [-0.15, -0.1) is 0 Å². The van der Waals surface area contributed by atoms with Crippen molar-refractivity contribution >= 4 is 0 Å². The normalized spacial score (nSPS) is 30.5. The SMILES string of the molecule is CCCCNC1CCC(F)CC1. The molecule has 1 nitrogen and oxygen atoms in total. The molecule has 72 valence electrons. The summed E-state index contributed by atoms with van der Waals surface area (Å²) in [6.45, 7) is 3.30. The second-order valence-electron chi connectivity index (χ2n) is 3.76. The van der Waals surface area contributed by atoms with Crippen LogP contribution in [0.2, 0.25) is 0 Å². The number of halogens is 1. The third kappa shape index (κ3) is 3.53. The summed E-state index contributed by atoms with van der Waals surface area (Å²) in [5.41, 5.74) is 0. The number of alkyl halides is 1. The number of hydrogen-bond donors (Lipinski definition) is 1. The standard InChI is InChI=1S/C10H20FN/c1-2-3-8-12-10-6-4-9(11)5-7-10/h9-10,12H,2-8H2,1H3. The Balaban J connectivity index is 2.01. The van der Waals surface area contributed by atoms with E-state index in [1.165, 1.54) is 12.8 Å². The molecule has 1 rings (SSSR count). The average molecular weight is 173 g/mol. The van der Waals surface area contributed by atoms with Crippen molar-refractivity contribution in [1.82, 2.24) is 5.32 Å². The van der Waals surface area contributed by atoms with Crippen molar-refractivity contribution in [3.8, 4) is 0 Å². The summed E-state index contributed by atoms with van der Waals surface area (Å²) in [4.78, 5) is 0. The average Bonchev–Trinajstić information content (AvgIpc) is 2.09. The van der Waals surface area contributed by atoms with E-state index >= 15 is 0 Å². The molecule has 1 N–H and O–H groups in total. The van der Waals surface area contributed by atoms with Crippen LogP contribution in [0.5, 0.6) is 0 Å². The molecule has 0 amide bonds. The number of nitrogens with one attached hydrogen (secondary N) is 1. The van der Waals surface area contributed by atoms with Crippen molar-refractivity contribution in [1.29, 1.82) is 0 Å². The van der Waals surface area contributed by atoms with Crippen LogP contribution in [0.25, 0.3) is 0 Å². The molecule has 0 bridgehead atoms. The van der Waals surface area contributed by atoms with E-state index in [0.29, 0.717) is 6.04 Å². The maximum Gasteiger partial charge on any atom is 0.100 e. The Morgan fingerprint density at radius 3 is 2.50 bits per heavy atom. The second-order valence-corrected chi connectivity index (χ2v) is 3.76. The first-order chi connectivity index (χ1) is 5.83. The van der Waals surface area contributed by atoms with E-state index in [9.17, 15) is 4.39 Å². The van der Waals surface area contributed by atoms with Gasteiger partial charge in [-0.3, -0.25) is 0 Å². The Morgan fingerprint density at radius 2 is 1.92 bits per heavy atom. The van der Waals surface area contributed by atoms with Gasteiger partial charge in [0.2, 0.25) is 0 Å². The van der Waals surface area contributed by atoms with E-state index in [2.05, 4.69) is 12.2 Å². The quantitative estimate of drug-likeness (QED) is 0.644. The van der Waals surface area contributed by atoms with E-state index in [4.69, 9.17) is 0 Å². The second kappa shape index (κ2) is 5.52. The lowest BCUT2D eigenvalue weighted by atomic mass is 9.94. The summed E-state index contributed by atoms with van der Waals surface area (Å²) in [6, 6.07) is 0.601. The maximum atomic E-state index is 12.7. The van der Waals surface area contributed by atoms with Gasteiger partial charge in [0.1, 0.15) is 6.17 Å². The zero-order chi connectivity index (χ0) is 8.81. The molecule has 0 unspecified atom stereocenters. The summed E-state index contributed by atoms with van der Waals surface area (Å²) in [7, 11) is 0. The zero-order valence-corrected chi connectivity index (χ0v) is 7.98. The van der Waals surface area contributed by atoms with Gasteiger partial charge in [-0.25, -0.2) is 4.39 Å². The van der Waals surface area contributed by atoms with Crippen molar-refractivity contribution in [2.75, 3.05) is 6.54 Å². The van der Waals surface area contributed by atoms with Crippen LogP contribution in [-0.4, -0.2) is 18.8 Å². The Bertz CT molecular complexity index is 108. The minimum atomic E-state index is -0.519. The Kier molecular flexibility index (Phi) is 4.59. The zero-order valence-electron chi connectivity index (χ0n) is 7.98. The molecule has 12 heavy (non-hydrogen) atoms. The molecule has 1 aliphatic carbocycles. The number of rotatable bonds is 4. The highest BCUT2D eigenvalue weighted by atomic mass is 19.1. The molecule has 0 heterocycles. The van der Waals surface area contributed by atoms with Gasteiger partial charge < -0.3 is 5.32 Å². The lowest BCUT2D eigenvalue weighted by Gasteiger charge is -2.25. The van der Waals surface area contributed by atoms with Crippen molar-refractivity contribution < 1.29 is 4.39 Å². The van der Waals surface area contributed by atoms with E-state index in [-0.39, 0.29) is 0 Å². The summed E-state index contributed by atoms with van der Waals surface area (Å²) in [5.74, 6) is 0. The third-order valence-electron chi connectivity index (χ3n) is 2.62. The molecule has 1 saturated carbocycles. The van der Waals surface area contributed by atoms with Gasteiger partial charge in [0.25, 0.3) is 0 Å². The van der Waals surface area contributed by atoms with Gasteiger partial charge >= 0.3 is 0 Å².